The third-order valence-corrected chi connectivity index (χ3v) is 1.92. The second-order valence-corrected chi connectivity index (χ2v) is 3.29. The Bertz CT molecular complexity index is 162. The Kier molecular flexibility index (Phi) is 7.95. The largest absolute Gasteiger partial charge is 0.306 e. The van der Waals surface area contributed by atoms with E-state index in [-0.39, 0.29) is 0 Å². The Morgan fingerprint density at radius 2 is 2.18 bits per heavy atom. The van der Waals surface area contributed by atoms with Crippen molar-refractivity contribution < 1.29 is 8.76 Å². The van der Waals surface area contributed by atoms with Crippen LogP contribution in [0.4, 0.5) is 0 Å². The fourth-order valence-corrected chi connectivity index (χ4v) is 1.18. The second-order valence-electron chi connectivity index (χ2n) is 2.06. The molecule has 0 aliphatic heterocycles. The van der Waals surface area contributed by atoms with Gasteiger partial charge in [0.1, 0.15) is 0 Å². The van der Waals surface area contributed by atoms with Crippen LogP contribution >= 0.6 is 12.2 Å². The second kappa shape index (κ2) is 8.01. The van der Waals surface area contributed by atoms with E-state index in [9.17, 15) is 4.21 Å². The zero-order valence-electron chi connectivity index (χ0n) is 6.15. The number of rotatable bonds is 6. The van der Waals surface area contributed by atoms with E-state index in [1.165, 1.54) is 0 Å². The highest BCUT2D eigenvalue weighted by Gasteiger charge is 1.92. The van der Waals surface area contributed by atoms with Gasteiger partial charge in [-0.2, -0.15) is 0 Å². The third-order valence-electron chi connectivity index (χ3n) is 1.15. The fourth-order valence-electron chi connectivity index (χ4n) is 0.639. The van der Waals surface area contributed by atoms with E-state index in [1.807, 2.05) is 0 Å². The molecule has 0 amide bonds. The zero-order chi connectivity index (χ0) is 8.53. The molecule has 0 saturated heterocycles. The summed E-state index contributed by atoms with van der Waals surface area (Å²) in [7, 11) is 0. The lowest BCUT2D eigenvalue weighted by Crippen LogP contribution is -1.94. The van der Waals surface area contributed by atoms with Gasteiger partial charge in [-0.25, -0.2) is 9.20 Å². The molecule has 0 saturated carbocycles. The van der Waals surface area contributed by atoms with Crippen molar-refractivity contribution in [3.8, 4) is 0 Å². The van der Waals surface area contributed by atoms with Gasteiger partial charge in [-0.1, -0.05) is 6.42 Å². The van der Waals surface area contributed by atoms with Crippen LogP contribution in [0.1, 0.15) is 19.3 Å². The van der Waals surface area contributed by atoms with Crippen LogP contribution in [0.5, 0.6) is 0 Å². The van der Waals surface area contributed by atoms with Gasteiger partial charge in [0.15, 0.2) is 11.1 Å². The Morgan fingerprint density at radius 3 is 2.73 bits per heavy atom. The summed E-state index contributed by atoms with van der Waals surface area (Å²) in [5.74, 6) is 0.362. The summed E-state index contributed by atoms with van der Waals surface area (Å²) in [5, 5.41) is 2.27. The lowest BCUT2D eigenvalue weighted by molar-refractivity contribution is 0.559. The molecule has 0 aliphatic carbocycles. The number of isothiocyanates is 1. The molecule has 0 aliphatic rings. The van der Waals surface area contributed by atoms with Crippen LogP contribution < -0.4 is 0 Å². The van der Waals surface area contributed by atoms with Gasteiger partial charge in [0.25, 0.3) is 0 Å². The molecule has 5 heteroatoms. The molecule has 3 nitrogen and oxygen atoms in total. The van der Waals surface area contributed by atoms with Crippen molar-refractivity contribution in [1.29, 1.82) is 0 Å². The molecular weight excluding hydrogens is 182 g/mol. The van der Waals surface area contributed by atoms with Gasteiger partial charge in [0, 0.05) is 12.3 Å². The molecule has 0 bridgehead atoms. The van der Waals surface area contributed by atoms with Crippen LogP contribution in [0.15, 0.2) is 4.99 Å². The minimum absolute atomic E-state index is 0.362. The van der Waals surface area contributed by atoms with Gasteiger partial charge < -0.3 is 4.55 Å². The average molecular weight is 193 g/mol. The van der Waals surface area contributed by atoms with E-state index in [4.69, 9.17) is 4.55 Å². The first kappa shape index (κ1) is 10.9. The normalized spacial score (nSPS) is 12.1. The summed E-state index contributed by atoms with van der Waals surface area (Å²) in [5.41, 5.74) is 0. The van der Waals surface area contributed by atoms with Gasteiger partial charge in [-0.15, -0.1) is 0 Å². The number of hydrogen-bond donors (Lipinski definition) is 1. The van der Waals surface area contributed by atoms with E-state index in [0.29, 0.717) is 12.3 Å². The smallest absolute Gasteiger partial charge is 0.152 e. The number of nitrogens with zero attached hydrogens (tertiary/aromatic N) is 1. The highest BCUT2D eigenvalue weighted by Crippen LogP contribution is 1.96. The maximum Gasteiger partial charge on any atom is 0.152 e. The number of thiocarbonyl (C=S) groups is 1. The van der Waals surface area contributed by atoms with E-state index in [1.54, 1.807) is 0 Å². The standard InChI is InChI=1S/C6H11NO2S2/c8-11(9)5-3-1-2-4-7-6-10/h1-5H2,(H,8,9). The Hall–Kier alpha value is -0.0900. The predicted octanol–water partition coefficient (Wildman–Crippen LogP) is 1.48. The van der Waals surface area contributed by atoms with Crippen LogP contribution in [0, 0.1) is 0 Å². The predicted molar refractivity (Wildman–Crippen MR) is 49.4 cm³/mol. The maximum absolute atomic E-state index is 10.1. The molecule has 1 N–H and O–H groups in total. The minimum atomic E-state index is -1.64. The summed E-state index contributed by atoms with van der Waals surface area (Å²) in [4.78, 5) is 3.71. The van der Waals surface area contributed by atoms with Crippen molar-refractivity contribution in [2.24, 2.45) is 4.99 Å². The van der Waals surface area contributed by atoms with E-state index in [2.05, 4.69) is 22.4 Å². The van der Waals surface area contributed by atoms with Crippen molar-refractivity contribution in [3.05, 3.63) is 0 Å². The first-order valence-electron chi connectivity index (χ1n) is 3.38. The van der Waals surface area contributed by atoms with Gasteiger partial charge >= 0.3 is 0 Å². The van der Waals surface area contributed by atoms with Crippen LogP contribution in [-0.2, 0) is 11.1 Å². The summed E-state index contributed by atoms with van der Waals surface area (Å²) >= 11 is 2.73. The molecule has 0 spiro atoms. The summed E-state index contributed by atoms with van der Waals surface area (Å²) < 4.78 is 18.5. The van der Waals surface area contributed by atoms with Gasteiger partial charge in [-0.05, 0) is 25.1 Å². The molecule has 0 heterocycles. The maximum atomic E-state index is 10.1. The molecule has 0 aromatic carbocycles. The van der Waals surface area contributed by atoms with Crippen LogP contribution in [0.3, 0.4) is 0 Å². The molecule has 0 fully saturated rings. The molecule has 0 radical (unpaired) electrons. The summed E-state index contributed by atoms with van der Waals surface area (Å²) in [6.07, 6.45) is 2.61. The van der Waals surface area contributed by atoms with E-state index in [0.717, 1.165) is 19.3 Å². The lowest BCUT2D eigenvalue weighted by Gasteiger charge is -1.93. The first-order chi connectivity index (χ1) is 5.27. The molecular formula is C6H11NO2S2. The fraction of sp³-hybridized carbons (Fsp3) is 0.833. The quantitative estimate of drug-likeness (QED) is 0.301. The van der Waals surface area contributed by atoms with E-state index < -0.39 is 11.1 Å². The molecule has 11 heavy (non-hydrogen) atoms. The van der Waals surface area contributed by atoms with Crippen LogP contribution in [0.2, 0.25) is 0 Å². The van der Waals surface area contributed by atoms with Crippen molar-refractivity contribution in [1.82, 2.24) is 0 Å². The zero-order valence-corrected chi connectivity index (χ0v) is 7.79. The Labute approximate surface area is 74.2 Å². The lowest BCUT2D eigenvalue weighted by atomic mass is 10.2. The molecule has 1 unspecified atom stereocenters. The summed E-state index contributed by atoms with van der Waals surface area (Å²) in [6.45, 7) is 0.682. The topological polar surface area (TPSA) is 49.7 Å². The summed E-state index contributed by atoms with van der Waals surface area (Å²) in [6, 6.07) is 0. The molecule has 1 atom stereocenters. The van der Waals surface area contributed by atoms with Crippen molar-refractivity contribution in [2.45, 2.75) is 19.3 Å². The number of aliphatic imine (C=N–C) groups is 1. The highest BCUT2D eigenvalue weighted by molar-refractivity contribution is 7.79. The van der Waals surface area contributed by atoms with Crippen molar-refractivity contribution in [2.75, 3.05) is 12.3 Å². The SMILES string of the molecule is O=S(O)CCCCCN=C=S. The monoisotopic (exact) mass is 193 g/mol. The van der Waals surface area contributed by atoms with Crippen LogP contribution in [-0.4, -0.2) is 26.2 Å². The Balaban J connectivity index is 3.02. The van der Waals surface area contributed by atoms with Gasteiger partial charge in [0.05, 0.1) is 5.16 Å². The number of hydrogen-bond acceptors (Lipinski definition) is 3. The van der Waals surface area contributed by atoms with Crippen molar-refractivity contribution >= 4 is 28.5 Å². The van der Waals surface area contributed by atoms with Crippen molar-refractivity contribution in [3.63, 3.8) is 0 Å². The minimum Gasteiger partial charge on any atom is -0.306 e. The Morgan fingerprint density at radius 1 is 1.45 bits per heavy atom. The van der Waals surface area contributed by atoms with E-state index >= 15 is 0 Å². The average Bonchev–Trinajstić information content (AvgIpc) is 1.96. The van der Waals surface area contributed by atoms with Crippen LogP contribution in [0.25, 0.3) is 0 Å². The molecule has 64 valence electrons. The molecule has 0 rings (SSSR count). The van der Waals surface area contributed by atoms with Gasteiger partial charge in [0.2, 0.25) is 0 Å². The van der Waals surface area contributed by atoms with Gasteiger partial charge in [-0.3, -0.25) is 0 Å². The molecule has 0 aromatic rings. The number of unbranched alkanes of at least 4 members (excludes halogenated alkanes) is 2. The first-order valence-corrected chi connectivity index (χ1v) is 5.07. The third kappa shape index (κ3) is 9.91. The highest BCUT2D eigenvalue weighted by atomic mass is 32.2. The molecule has 0 aromatic heterocycles.